The van der Waals surface area contributed by atoms with Crippen molar-refractivity contribution in [2.24, 2.45) is 0 Å². The molecule has 0 saturated heterocycles. The van der Waals surface area contributed by atoms with Gasteiger partial charge in [0.2, 0.25) is 0 Å². The highest BCUT2D eigenvalue weighted by Gasteiger charge is 2.40. The summed E-state index contributed by atoms with van der Waals surface area (Å²) in [6.07, 6.45) is 3.68. The van der Waals surface area contributed by atoms with E-state index >= 15 is 0 Å². The molecule has 48 heavy (non-hydrogen) atoms. The lowest BCUT2D eigenvalue weighted by atomic mass is 9.73. The van der Waals surface area contributed by atoms with Crippen molar-refractivity contribution < 1.29 is 4.74 Å². The molecule has 230 valence electrons. The first-order valence-electron chi connectivity index (χ1n) is 16.2. The summed E-state index contributed by atoms with van der Waals surface area (Å²) in [5.74, 6) is 2.36. The summed E-state index contributed by atoms with van der Waals surface area (Å²) in [6.45, 7) is 4.64. The van der Waals surface area contributed by atoms with E-state index in [1.807, 2.05) is 54.9 Å². The molecule has 5 heteroatoms. The number of hydrogen-bond acceptors (Lipinski definition) is 4. The van der Waals surface area contributed by atoms with Gasteiger partial charge in [-0.3, -0.25) is 9.88 Å². The smallest absolute Gasteiger partial charge is 0.137 e. The summed E-state index contributed by atoms with van der Waals surface area (Å²) >= 11 is 0. The van der Waals surface area contributed by atoms with Crippen LogP contribution in [0.5, 0.6) is 11.5 Å². The number of pyridine rings is 2. The molecule has 0 saturated carbocycles. The van der Waals surface area contributed by atoms with E-state index < -0.39 is 0 Å². The Morgan fingerprint density at radius 3 is 2.15 bits per heavy atom. The van der Waals surface area contributed by atoms with E-state index in [1.165, 1.54) is 27.4 Å². The SMILES string of the molecule is CC1(C)c2ccc(Oc3cccc(-c4ccccn4)c3)cc2N(c2ccccn2)c2c1ccc1c3ccccc3n(-c3ccccc3)c21. The predicted molar refractivity (Wildman–Crippen MR) is 195 cm³/mol. The third-order valence-electron chi connectivity index (χ3n) is 9.51. The summed E-state index contributed by atoms with van der Waals surface area (Å²) in [6, 6.07) is 50.5. The summed E-state index contributed by atoms with van der Waals surface area (Å²) in [4.78, 5) is 11.8. The molecule has 8 aromatic rings. The normalized spacial score (nSPS) is 13.3. The van der Waals surface area contributed by atoms with E-state index in [9.17, 15) is 0 Å². The minimum Gasteiger partial charge on any atom is -0.457 e. The second-order valence-electron chi connectivity index (χ2n) is 12.7. The lowest BCUT2D eigenvalue weighted by molar-refractivity contribution is 0.482. The summed E-state index contributed by atoms with van der Waals surface area (Å²) in [5, 5.41) is 2.42. The number of aromatic nitrogens is 3. The molecule has 9 rings (SSSR count). The number of hydrogen-bond donors (Lipinski definition) is 0. The van der Waals surface area contributed by atoms with E-state index in [4.69, 9.17) is 9.72 Å². The molecule has 0 bridgehead atoms. The molecule has 0 N–H and O–H groups in total. The molecule has 0 unspecified atom stereocenters. The molecule has 4 heterocycles. The molecule has 0 fully saturated rings. The van der Waals surface area contributed by atoms with Gasteiger partial charge < -0.3 is 9.30 Å². The summed E-state index contributed by atoms with van der Waals surface area (Å²) in [7, 11) is 0. The fraction of sp³-hybridized carbons (Fsp3) is 0.0698. The molecule has 1 aliphatic rings. The van der Waals surface area contributed by atoms with Crippen LogP contribution in [0.2, 0.25) is 0 Å². The standard InChI is InChI=1S/C43H32N4O/c1-43(2)35-23-21-32(48-31-16-12-13-29(27-31)37-18-8-10-25-44-37)28-39(35)47(40-20-9-11-26-45-40)42-36(43)24-22-34-33-17-6-7-19-38(33)46(41(34)42)30-14-4-3-5-15-30/h3-28H,1-2H3. The zero-order valence-electron chi connectivity index (χ0n) is 26.7. The Bertz CT molecular complexity index is 2450. The highest BCUT2D eigenvalue weighted by Crippen LogP contribution is 2.55. The Labute approximate surface area is 279 Å². The van der Waals surface area contributed by atoms with Gasteiger partial charge in [-0.2, -0.15) is 0 Å². The molecule has 0 amide bonds. The molecule has 5 nitrogen and oxygen atoms in total. The van der Waals surface area contributed by atoms with E-state index in [-0.39, 0.29) is 5.41 Å². The van der Waals surface area contributed by atoms with Crippen LogP contribution in [0.25, 0.3) is 38.8 Å². The van der Waals surface area contributed by atoms with Gasteiger partial charge in [-0.25, -0.2) is 4.98 Å². The molecule has 0 radical (unpaired) electrons. The van der Waals surface area contributed by atoms with Gasteiger partial charge in [0, 0.05) is 45.9 Å². The van der Waals surface area contributed by atoms with Crippen molar-refractivity contribution in [2.45, 2.75) is 19.3 Å². The number of fused-ring (bicyclic) bond motifs is 6. The Morgan fingerprint density at radius 2 is 1.33 bits per heavy atom. The van der Waals surface area contributed by atoms with Gasteiger partial charge in [-0.15, -0.1) is 0 Å². The Morgan fingerprint density at radius 1 is 0.583 bits per heavy atom. The average molecular weight is 621 g/mol. The van der Waals surface area contributed by atoms with Crippen molar-refractivity contribution in [3.05, 3.63) is 169 Å². The summed E-state index contributed by atoms with van der Waals surface area (Å²) < 4.78 is 9.00. The van der Waals surface area contributed by atoms with Crippen molar-refractivity contribution in [2.75, 3.05) is 4.90 Å². The number of benzene rings is 5. The quantitative estimate of drug-likeness (QED) is 0.192. The van der Waals surface area contributed by atoms with Gasteiger partial charge in [-0.05, 0) is 71.8 Å². The first-order chi connectivity index (χ1) is 23.6. The molecule has 0 spiro atoms. The largest absolute Gasteiger partial charge is 0.457 e. The monoisotopic (exact) mass is 620 g/mol. The lowest BCUT2D eigenvalue weighted by Crippen LogP contribution is -2.31. The number of ether oxygens (including phenoxy) is 1. The van der Waals surface area contributed by atoms with Crippen LogP contribution in [-0.2, 0) is 5.41 Å². The highest BCUT2D eigenvalue weighted by atomic mass is 16.5. The Hall–Kier alpha value is -6.20. The minimum absolute atomic E-state index is 0.306. The first kappa shape index (κ1) is 28.1. The van der Waals surface area contributed by atoms with Crippen LogP contribution in [0, 0.1) is 0 Å². The zero-order chi connectivity index (χ0) is 32.2. The van der Waals surface area contributed by atoms with E-state index in [1.54, 1.807) is 0 Å². The molecular formula is C43H32N4O. The zero-order valence-corrected chi connectivity index (χ0v) is 26.7. The van der Waals surface area contributed by atoms with Gasteiger partial charge in [0.05, 0.1) is 28.1 Å². The second-order valence-corrected chi connectivity index (χ2v) is 12.7. The fourth-order valence-corrected chi connectivity index (χ4v) is 7.28. The predicted octanol–water partition coefficient (Wildman–Crippen LogP) is 11.1. The average Bonchev–Trinajstić information content (AvgIpc) is 3.48. The van der Waals surface area contributed by atoms with Crippen molar-refractivity contribution in [1.82, 2.24) is 14.5 Å². The van der Waals surface area contributed by atoms with Gasteiger partial charge in [0.25, 0.3) is 0 Å². The molecule has 1 aliphatic heterocycles. The maximum absolute atomic E-state index is 6.60. The molecule has 3 aromatic heterocycles. The van der Waals surface area contributed by atoms with Crippen molar-refractivity contribution in [3.63, 3.8) is 0 Å². The molecule has 5 aromatic carbocycles. The number of rotatable bonds is 5. The highest BCUT2D eigenvalue weighted by molar-refractivity contribution is 6.15. The van der Waals surface area contributed by atoms with Crippen LogP contribution >= 0.6 is 0 Å². The van der Waals surface area contributed by atoms with Crippen LogP contribution in [0.1, 0.15) is 25.0 Å². The van der Waals surface area contributed by atoms with Crippen molar-refractivity contribution >= 4 is 39.0 Å². The molecule has 0 aliphatic carbocycles. The van der Waals surface area contributed by atoms with E-state index in [0.29, 0.717) is 0 Å². The third-order valence-corrected chi connectivity index (χ3v) is 9.51. The first-order valence-corrected chi connectivity index (χ1v) is 16.2. The van der Waals surface area contributed by atoms with E-state index in [0.717, 1.165) is 51.2 Å². The van der Waals surface area contributed by atoms with Crippen LogP contribution in [0.3, 0.4) is 0 Å². The summed E-state index contributed by atoms with van der Waals surface area (Å²) in [5.41, 5.74) is 9.66. The van der Waals surface area contributed by atoms with E-state index in [2.05, 4.69) is 131 Å². The topological polar surface area (TPSA) is 43.2 Å². The third kappa shape index (κ3) is 4.39. The van der Waals surface area contributed by atoms with Crippen LogP contribution in [0.15, 0.2) is 158 Å². The van der Waals surface area contributed by atoms with Crippen LogP contribution in [-0.4, -0.2) is 14.5 Å². The van der Waals surface area contributed by atoms with Crippen molar-refractivity contribution in [1.29, 1.82) is 0 Å². The van der Waals surface area contributed by atoms with Crippen LogP contribution in [0.4, 0.5) is 17.2 Å². The van der Waals surface area contributed by atoms with Gasteiger partial charge >= 0.3 is 0 Å². The Kier molecular flexibility index (Phi) is 6.40. The second kappa shape index (κ2) is 11.0. The van der Waals surface area contributed by atoms with Gasteiger partial charge in [-0.1, -0.05) is 92.7 Å². The number of para-hydroxylation sites is 2. The van der Waals surface area contributed by atoms with Crippen LogP contribution < -0.4 is 9.64 Å². The lowest BCUT2D eigenvalue weighted by Gasteiger charge is -2.42. The maximum Gasteiger partial charge on any atom is 0.137 e. The maximum atomic E-state index is 6.60. The number of anilines is 3. The molecular weight excluding hydrogens is 589 g/mol. The number of nitrogens with zero attached hydrogens (tertiary/aromatic N) is 4. The van der Waals surface area contributed by atoms with Crippen molar-refractivity contribution in [3.8, 4) is 28.4 Å². The minimum atomic E-state index is -0.306. The van der Waals surface area contributed by atoms with Gasteiger partial charge in [0.15, 0.2) is 0 Å². The van der Waals surface area contributed by atoms with Gasteiger partial charge in [0.1, 0.15) is 17.3 Å². The Balaban J connectivity index is 1.29. The fourth-order valence-electron chi connectivity index (χ4n) is 7.28. The molecule has 0 atom stereocenters.